The Balaban J connectivity index is 1.55. The van der Waals surface area contributed by atoms with Crippen LogP contribution in [0.1, 0.15) is 36.6 Å². The molecule has 2 amide bonds. The molecule has 2 unspecified atom stereocenters. The first-order chi connectivity index (χ1) is 17.9. The van der Waals surface area contributed by atoms with Crippen molar-refractivity contribution in [1.82, 2.24) is 30.8 Å². The number of hydrogen-bond donors (Lipinski definition) is 2. The highest BCUT2D eigenvalue weighted by atomic mass is 35.5. The molecule has 190 valence electrons. The Morgan fingerprint density at radius 1 is 0.973 bits per heavy atom. The predicted octanol–water partition coefficient (Wildman–Crippen LogP) is 3.07. The molecule has 2 aromatic carbocycles. The molecular weight excluding hydrogens is 516 g/mol. The van der Waals surface area contributed by atoms with Crippen LogP contribution in [-0.2, 0) is 22.4 Å². The monoisotopic (exact) mass is 538 g/mol. The Labute approximate surface area is 221 Å². The number of carbonyl (C=O) groups excluding carboxylic acids is 3. The molecule has 0 saturated heterocycles. The second-order valence-electron chi connectivity index (χ2n) is 8.02. The minimum absolute atomic E-state index is 0.243. The summed E-state index contributed by atoms with van der Waals surface area (Å²) in [6.07, 6.45) is 1.37. The quantitative estimate of drug-likeness (QED) is 0.297. The number of tetrazole rings is 1. The molecule has 0 aliphatic rings. The van der Waals surface area contributed by atoms with Gasteiger partial charge in [0.05, 0.1) is 12.0 Å². The molecule has 0 fully saturated rings. The van der Waals surface area contributed by atoms with Gasteiger partial charge in [0.25, 0.3) is 5.91 Å². The zero-order valence-corrected chi connectivity index (χ0v) is 21.3. The number of nitrogens with one attached hydrogen (secondary N) is 2. The summed E-state index contributed by atoms with van der Waals surface area (Å²) in [7, 11) is 1.27. The number of carbonyl (C=O) groups is 3. The number of nitrogens with zero attached hydrogens (tertiary/aromatic N) is 4. The second-order valence-corrected chi connectivity index (χ2v) is 9.54. The summed E-state index contributed by atoms with van der Waals surface area (Å²) >= 11 is 7.12. The van der Waals surface area contributed by atoms with E-state index < -0.39 is 30.0 Å². The summed E-state index contributed by atoms with van der Waals surface area (Å²) in [5.41, 5.74) is 1.73. The number of benzene rings is 2. The molecule has 37 heavy (non-hydrogen) atoms. The van der Waals surface area contributed by atoms with E-state index in [1.165, 1.54) is 30.3 Å². The average molecular weight is 539 g/mol. The summed E-state index contributed by atoms with van der Waals surface area (Å²) in [5, 5.41) is 17.6. The molecule has 2 heterocycles. The van der Waals surface area contributed by atoms with Crippen molar-refractivity contribution in [2.45, 2.75) is 25.0 Å². The SMILES string of the molecule is COC(=O)c1ccc(C(=O)NC(Cc2ccccc2)C(=O)NC(Cc2cccc(Cl)c2)n2cnnn2)s1. The van der Waals surface area contributed by atoms with Crippen molar-refractivity contribution in [3.8, 4) is 0 Å². The van der Waals surface area contributed by atoms with Crippen molar-refractivity contribution in [2.75, 3.05) is 7.11 Å². The molecule has 0 spiro atoms. The molecule has 0 bridgehead atoms. The number of esters is 1. The van der Waals surface area contributed by atoms with Crippen molar-refractivity contribution in [3.63, 3.8) is 0 Å². The maximum absolute atomic E-state index is 13.5. The van der Waals surface area contributed by atoms with Crippen molar-refractivity contribution in [3.05, 3.63) is 99.0 Å². The number of ether oxygens (including phenoxy) is 1. The highest BCUT2D eigenvalue weighted by molar-refractivity contribution is 7.15. The van der Waals surface area contributed by atoms with Crippen molar-refractivity contribution >= 4 is 40.7 Å². The maximum atomic E-state index is 13.5. The summed E-state index contributed by atoms with van der Waals surface area (Å²) in [6.45, 7) is 0. The molecule has 0 aliphatic heterocycles. The van der Waals surface area contributed by atoms with Gasteiger partial charge in [-0.1, -0.05) is 54.1 Å². The molecule has 2 N–H and O–H groups in total. The standard InChI is InChI=1S/C25H23ClN6O4S/c1-36-25(35)21-11-10-20(37-21)24(34)28-19(13-16-6-3-2-4-7-16)23(33)29-22(32-15-27-30-31-32)14-17-8-5-9-18(26)12-17/h2-12,15,19,22H,13-14H2,1H3,(H,28,34)(H,29,33). The van der Waals surface area contributed by atoms with Crippen LogP contribution in [0, 0.1) is 0 Å². The molecule has 0 radical (unpaired) electrons. The van der Waals surface area contributed by atoms with Crippen LogP contribution in [0.5, 0.6) is 0 Å². The van der Waals surface area contributed by atoms with Crippen LogP contribution in [0.25, 0.3) is 0 Å². The number of methoxy groups -OCH3 is 1. The van der Waals surface area contributed by atoms with Gasteiger partial charge in [-0.2, -0.15) is 0 Å². The Bertz CT molecular complexity index is 1360. The lowest BCUT2D eigenvalue weighted by Crippen LogP contribution is -2.50. The number of halogens is 1. The molecule has 0 saturated carbocycles. The van der Waals surface area contributed by atoms with E-state index in [1.54, 1.807) is 12.1 Å². The molecule has 4 aromatic rings. The summed E-state index contributed by atoms with van der Waals surface area (Å²) in [5.74, 6) is -1.44. The minimum atomic E-state index is -0.920. The fourth-order valence-electron chi connectivity index (χ4n) is 3.63. The van der Waals surface area contributed by atoms with E-state index in [2.05, 4.69) is 26.2 Å². The molecule has 10 nitrogen and oxygen atoms in total. The van der Waals surface area contributed by atoms with Crippen LogP contribution in [-0.4, -0.2) is 51.1 Å². The van der Waals surface area contributed by atoms with Gasteiger partial charge in [0.1, 0.15) is 23.4 Å². The first-order valence-corrected chi connectivity index (χ1v) is 12.4. The number of hydrogen-bond acceptors (Lipinski definition) is 8. The average Bonchev–Trinajstić information content (AvgIpc) is 3.61. The predicted molar refractivity (Wildman–Crippen MR) is 137 cm³/mol. The van der Waals surface area contributed by atoms with Crippen LogP contribution in [0.4, 0.5) is 0 Å². The van der Waals surface area contributed by atoms with E-state index in [0.717, 1.165) is 22.5 Å². The normalized spacial score (nSPS) is 12.4. The topological polar surface area (TPSA) is 128 Å². The Morgan fingerprint density at radius 2 is 1.73 bits per heavy atom. The fraction of sp³-hybridized carbons (Fsp3) is 0.200. The van der Waals surface area contributed by atoms with Crippen LogP contribution >= 0.6 is 22.9 Å². The molecule has 0 aliphatic carbocycles. The van der Waals surface area contributed by atoms with Gasteiger partial charge in [-0.25, -0.2) is 9.48 Å². The lowest BCUT2D eigenvalue weighted by molar-refractivity contribution is -0.124. The van der Waals surface area contributed by atoms with E-state index >= 15 is 0 Å². The number of thiophene rings is 1. The Morgan fingerprint density at radius 3 is 2.43 bits per heavy atom. The van der Waals surface area contributed by atoms with E-state index in [9.17, 15) is 14.4 Å². The lowest BCUT2D eigenvalue weighted by Gasteiger charge is -2.23. The van der Waals surface area contributed by atoms with Crippen LogP contribution in [0.15, 0.2) is 73.1 Å². The molecule has 2 aromatic heterocycles. The number of amides is 2. The smallest absolute Gasteiger partial charge is 0.348 e. The van der Waals surface area contributed by atoms with Crippen LogP contribution in [0.3, 0.4) is 0 Å². The second kappa shape index (κ2) is 12.2. The van der Waals surface area contributed by atoms with Crippen LogP contribution in [0.2, 0.25) is 5.02 Å². The molecule has 2 atom stereocenters. The summed E-state index contributed by atoms with van der Waals surface area (Å²) in [4.78, 5) is 38.9. The van der Waals surface area contributed by atoms with E-state index in [0.29, 0.717) is 11.4 Å². The van der Waals surface area contributed by atoms with Crippen molar-refractivity contribution < 1.29 is 19.1 Å². The third kappa shape index (κ3) is 6.99. The van der Waals surface area contributed by atoms with E-state index in [-0.39, 0.29) is 16.2 Å². The zero-order chi connectivity index (χ0) is 26.2. The molecule has 12 heteroatoms. The van der Waals surface area contributed by atoms with Gasteiger partial charge in [-0.3, -0.25) is 9.59 Å². The van der Waals surface area contributed by atoms with Gasteiger partial charge in [-0.05, 0) is 45.8 Å². The van der Waals surface area contributed by atoms with Gasteiger partial charge in [0.15, 0.2) is 0 Å². The Hall–Kier alpha value is -4.09. The third-order valence-electron chi connectivity index (χ3n) is 5.43. The van der Waals surface area contributed by atoms with E-state index in [1.807, 2.05) is 42.5 Å². The van der Waals surface area contributed by atoms with Gasteiger partial charge in [-0.15, -0.1) is 16.4 Å². The van der Waals surface area contributed by atoms with Gasteiger partial charge < -0.3 is 15.4 Å². The maximum Gasteiger partial charge on any atom is 0.348 e. The third-order valence-corrected chi connectivity index (χ3v) is 6.73. The lowest BCUT2D eigenvalue weighted by atomic mass is 10.0. The molecule has 4 rings (SSSR count). The zero-order valence-electron chi connectivity index (χ0n) is 19.7. The van der Waals surface area contributed by atoms with Crippen molar-refractivity contribution in [2.24, 2.45) is 0 Å². The minimum Gasteiger partial charge on any atom is -0.465 e. The highest BCUT2D eigenvalue weighted by Crippen LogP contribution is 2.19. The molecular formula is C25H23ClN6O4S. The van der Waals surface area contributed by atoms with Gasteiger partial charge in [0, 0.05) is 17.9 Å². The first kappa shape index (κ1) is 26.0. The largest absolute Gasteiger partial charge is 0.465 e. The Kier molecular flexibility index (Phi) is 8.60. The summed E-state index contributed by atoms with van der Waals surface area (Å²) in [6, 6.07) is 18.7. The number of rotatable bonds is 10. The van der Waals surface area contributed by atoms with Crippen LogP contribution < -0.4 is 10.6 Å². The van der Waals surface area contributed by atoms with Crippen molar-refractivity contribution in [1.29, 1.82) is 0 Å². The highest BCUT2D eigenvalue weighted by Gasteiger charge is 2.26. The number of aromatic nitrogens is 4. The van der Waals surface area contributed by atoms with E-state index in [4.69, 9.17) is 16.3 Å². The fourth-order valence-corrected chi connectivity index (χ4v) is 4.67. The van der Waals surface area contributed by atoms with Gasteiger partial charge in [0.2, 0.25) is 5.91 Å². The van der Waals surface area contributed by atoms with Gasteiger partial charge >= 0.3 is 5.97 Å². The summed E-state index contributed by atoms with van der Waals surface area (Å²) < 4.78 is 6.14. The first-order valence-electron chi connectivity index (χ1n) is 11.2.